The number of aromatic nitrogens is 2. The number of allylic oxidation sites excluding steroid dienone is 1. The van der Waals surface area contributed by atoms with Crippen LogP contribution in [0.2, 0.25) is 0 Å². The molecule has 1 fully saturated rings. The Balaban J connectivity index is 1.66. The Morgan fingerprint density at radius 3 is 2.67 bits per heavy atom. The third-order valence-corrected chi connectivity index (χ3v) is 6.05. The van der Waals surface area contributed by atoms with Gasteiger partial charge in [-0.15, -0.1) is 0 Å². The highest BCUT2D eigenvalue weighted by Crippen LogP contribution is 2.39. The quantitative estimate of drug-likeness (QED) is 0.423. The van der Waals surface area contributed by atoms with Gasteiger partial charge >= 0.3 is 6.11 Å². The lowest BCUT2D eigenvalue weighted by atomic mass is 9.97. The zero-order valence-electron chi connectivity index (χ0n) is 18.8. The van der Waals surface area contributed by atoms with E-state index < -0.39 is 11.7 Å². The summed E-state index contributed by atoms with van der Waals surface area (Å²) < 4.78 is 44.9. The molecule has 33 heavy (non-hydrogen) atoms. The molecule has 0 bridgehead atoms. The first-order valence-corrected chi connectivity index (χ1v) is 11.0. The van der Waals surface area contributed by atoms with Crippen LogP contribution in [0.1, 0.15) is 52.3 Å². The minimum absolute atomic E-state index is 0.0638. The van der Waals surface area contributed by atoms with E-state index in [0.29, 0.717) is 17.9 Å². The van der Waals surface area contributed by atoms with Gasteiger partial charge in [-0.25, -0.2) is 9.97 Å². The predicted octanol–water partition coefficient (Wildman–Crippen LogP) is 6.08. The lowest BCUT2D eigenvalue weighted by Gasteiger charge is -2.28. The van der Waals surface area contributed by atoms with Gasteiger partial charge in [0.2, 0.25) is 11.8 Å². The molecule has 1 saturated carbocycles. The predicted molar refractivity (Wildman–Crippen MR) is 119 cm³/mol. The Kier molecular flexibility index (Phi) is 6.09. The molecule has 7 nitrogen and oxygen atoms in total. The van der Waals surface area contributed by atoms with E-state index in [1.165, 1.54) is 24.6 Å². The van der Waals surface area contributed by atoms with E-state index in [0.717, 1.165) is 38.8 Å². The zero-order valence-corrected chi connectivity index (χ0v) is 18.8. The Hall–Kier alpha value is -3.07. The summed E-state index contributed by atoms with van der Waals surface area (Å²) in [6, 6.07) is 2.82. The number of alkyl halides is 2. The molecule has 1 aliphatic carbocycles. The first-order valence-electron chi connectivity index (χ1n) is 11.0. The number of oxazole rings is 2. The van der Waals surface area contributed by atoms with Crippen LogP contribution in [0.3, 0.4) is 0 Å². The number of hydrogen-bond donors (Lipinski definition) is 2. The van der Waals surface area contributed by atoms with Crippen LogP contribution in [0.25, 0.3) is 28.6 Å². The molecule has 1 aromatic carbocycles. The number of ether oxygens (including phenoxy) is 1. The lowest BCUT2D eigenvalue weighted by molar-refractivity contribution is -0.275. The zero-order chi connectivity index (χ0) is 23.8. The van der Waals surface area contributed by atoms with Crippen molar-refractivity contribution < 1.29 is 27.5 Å². The average molecular weight is 459 g/mol. The van der Waals surface area contributed by atoms with Gasteiger partial charge < -0.3 is 24.1 Å². The summed E-state index contributed by atoms with van der Waals surface area (Å²) in [5.74, 6) is 0.768. The van der Waals surface area contributed by atoms with Crippen LogP contribution in [0.5, 0.6) is 5.75 Å². The molecule has 0 spiro atoms. The molecule has 0 aliphatic heterocycles. The van der Waals surface area contributed by atoms with E-state index in [9.17, 15) is 13.9 Å². The molecule has 2 N–H and O–H groups in total. The van der Waals surface area contributed by atoms with Gasteiger partial charge in [-0.05, 0) is 63.7 Å². The van der Waals surface area contributed by atoms with E-state index in [4.69, 9.17) is 19.0 Å². The summed E-state index contributed by atoms with van der Waals surface area (Å²) in [7, 11) is 0. The second kappa shape index (κ2) is 8.70. The van der Waals surface area contributed by atoms with Crippen molar-refractivity contribution in [2.75, 3.05) is 0 Å². The van der Waals surface area contributed by atoms with Crippen molar-refractivity contribution in [2.45, 2.75) is 58.2 Å². The molecule has 1 aliphatic rings. The molecule has 176 valence electrons. The fourth-order valence-electron chi connectivity index (χ4n) is 3.99. The smallest absolute Gasteiger partial charge is 0.426 e. The van der Waals surface area contributed by atoms with Crippen LogP contribution in [0.15, 0.2) is 39.5 Å². The number of benzene rings is 1. The Morgan fingerprint density at radius 2 is 2.03 bits per heavy atom. The molecule has 4 rings (SSSR count). The standard InChI is InChI=1S/C24H27F2N3O4/c1-4-14-8-9-15(19(14)27)6-5-7-18-29-20-17(33-24(25,26)23(2,3)30)11-10-16(21(20)32-18)22-28-12-13-31-22/h5,7,10-15,27,30H,4,6,8-9H2,1-3H3/b7-5+,27-19?. The average Bonchev–Trinajstić information content (AvgIpc) is 3.48. The number of nitrogens with zero attached hydrogens (tertiary/aromatic N) is 2. The third-order valence-electron chi connectivity index (χ3n) is 6.05. The van der Waals surface area contributed by atoms with E-state index in [1.807, 2.05) is 6.08 Å². The van der Waals surface area contributed by atoms with Gasteiger partial charge in [0.25, 0.3) is 0 Å². The number of nitrogens with one attached hydrogen (secondary N) is 1. The van der Waals surface area contributed by atoms with Crippen LogP contribution < -0.4 is 4.74 Å². The first-order chi connectivity index (χ1) is 15.6. The molecule has 2 heterocycles. The monoisotopic (exact) mass is 459 g/mol. The van der Waals surface area contributed by atoms with Crippen molar-refractivity contribution in [2.24, 2.45) is 11.8 Å². The molecule has 0 amide bonds. The minimum Gasteiger partial charge on any atom is -0.444 e. The summed E-state index contributed by atoms with van der Waals surface area (Å²) in [6.07, 6.45) is 6.23. The van der Waals surface area contributed by atoms with Crippen LogP contribution in [0, 0.1) is 17.2 Å². The number of rotatable bonds is 8. The van der Waals surface area contributed by atoms with Crippen molar-refractivity contribution in [3.63, 3.8) is 0 Å². The number of aliphatic hydroxyl groups is 1. The van der Waals surface area contributed by atoms with Crippen LogP contribution in [-0.4, -0.2) is 32.5 Å². The van der Waals surface area contributed by atoms with Crippen LogP contribution in [0.4, 0.5) is 8.78 Å². The van der Waals surface area contributed by atoms with Crippen molar-refractivity contribution in [3.05, 3.63) is 36.6 Å². The largest absolute Gasteiger partial charge is 0.444 e. The normalized spacial score (nSPS) is 19.8. The van der Waals surface area contributed by atoms with Crippen molar-refractivity contribution >= 4 is 22.9 Å². The highest BCUT2D eigenvalue weighted by atomic mass is 19.3. The number of halogens is 2. The van der Waals surface area contributed by atoms with Crippen molar-refractivity contribution in [1.29, 1.82) is 5.41 Å². The van der Waals surface area contributed by atoms with E-state index >= 15 is 0 Å². The summed E-state index contributed by atoms with van der Waals surface area (Å²) in [4.78, 5) is 8.45. The fourth-order valence-corrected chi connectivity index (χ4v) is 3.99. The Bertz CT molecular complexity index is 1160. The maximum absolute atomic E-state index is 14.4. The Morgan fingerprint density at radius 1 is 1.27 bits per heavy atom. The van der Waals surface area contributed by atoms with Crippen molar-refractivity contribution in [1.82, 2.24) is 9.97 Å². The maximum atomic E-state index is 14.4. The van der Waals surface area contributed by atoms with E-state index in [1.54, 1.807) is 6.08 Å². The maximum Gasteiger partial charge on any atom is 0.426 e. The molecule has 2 unspecified atom stereocenters. The second-order valence-corrected chi connectivity index (χ2v) is 8.83. The summed E-state index contributed by atoms with van der Waals surface area (Å²) in [6.45, 7) is 4.03. The fraction of sp³-hybridized carbons (Fsp3) is 0.458. The number of hydrogen-bond acceptors (Lipinski definition) is 7. The lowest BCUT2D eigenvalue weighted by Crippen LogP contribution is -2.47. The molecular formula is C24H27F2N3O4. The van der Waals surface area contributed by atoms with Crippen LogP contribution in [-0.2, 0) is 0 Å². The van der Waals surface area contributed by atoms with Crippen molar-refractivity contribution in [3.8, 4) is 17.2 Å². The summed E-state index contributed by atoms with van der Waals surface area (Å²) in [5, 5.41) is 18.1. The highest BCUT2D eigenvalue weighted by molar-refractivity contribution is 5.92. The van der Waals surface area contributed by atoms with Gasteiger partial charge in [-0.2, -0.15) is 8.78 Å². The first kappa shape index (κ1) is 23.1. The Labute approximate surface area is 190 Å². The minimum atomic E-state index is -3.86. The molecule has 3 aromatic rings. The van der Waals surface area contributed by atoms with Gasteiger partial charge in [0, 0.05) is 11.6 Å². The third kappa shape index (κ3) is 4.55. The van der Waals surface area contributed by atoms with Gasteiger partial charge in [0.15, 0.2) is 22.5 Å². The highest BCUT2D eigenvalue weighted by Gasteiger charge is 2.49. The van der Waals surface area contributed by atoms with Crippen LogP contribution >= 0.6 is 0 Å². The van der Waals surface area contributed by atoms with Gasteiger partial charge in [0.05, 0.1) is 11.8 Å². The topological polar surface area (TPSA) is 105 Å². The molecule has 0 radical (unpaired) electrons. The molecule has 2 atom stereocenters. The molecular weight excluding hydrogens is 432 g/mol. The number of fused-ring (bicyclic) bond motifs is 1. The second-order valence-electron chi connectivity index (χ2n) is 8.83. The van der Waals surface area contributed by atoms with Gasteiger partial charge in [-0.3, -0.25) is 0 Å². The van der Waals surface area contributed by atoms with E-state index in [2.05, 4.69) is 16.9 Å². The van der Waals surface area contributed by atoms with Gasteiger partial charge in [0.1, 0.15) is 6.26 Å². The SMILES string of the molecule is CCC1CCC(C/C=C/c2nc3c(OC(F)(F)C(C)(C)O)ccc(-c4ncco4)c3o2)C1=N. The molecule has 2 aromatic heterocycles. The summed E-state index contributed by atoms with van der Waals surface area (Å²) >= 11 is 0. The molecule has 0 saturated heterocycles. The van der Waals surface area contributed by atoms with E-state index in [-0.39, 0.29) is 34.5 Å². The summed E-state index contributed by atoms with van der Waals surface area (Å²) in [5.41, 5.74) is -0.940. The molecule has 9 heteroatoms. The van der Waals surface area contributed by atoms with Gasteiger partial charge in [-0.1, -0.05) is 13.0 Å².